The van der Waals surface area contributed by atoms with Crippen molar-refractivity contribution in [3.8, 4) is 23.1 Å². The number of rotatable bonds is 2. The van der Waals surface area contributed by atoms with Gasteiger partial charge in [0.1, 0.15) is 5.82 Å². The van der Waals surface area contributed by atoms with Crippen molar-refractivity contribution in [1.82, 2.24) is 20.1 Å². The summed E-state index contributed by atoms with van der Waals surface area (Å²) in [6, 6.07) is 4.36. The smallest absolute Gasteiger partial charge is 0.263 e. The second-order valence-corrected chi connectivity index (χ2v) is 3.56. The van der Waals surface area contributed by atoms with Crippen LogP contribution >= 0.6 is 0 Å². The monoisotopic (exact) mass is 245 g/mol. The minimum atomic E-state index is -0.510. The first-order valence-electron chi connectivity index (χ1n) is 5.13. The molecule has 2 aromatic heterocycles. The number of H-pyrrole nitrogens is 1. The van der Waals surface area contributed by atoms with E-state index in [0.29, 0.717) is 5.82 Å². The molecule has 3 rings (SSSR count). The highest BCUT2D eigenvalue weighted by Crippen LogP contribution is 2.28. The summed E-state index contributed by atoms with van der Waals surface area (Å²) in [6.45, 7) is 0. The van der Waals surface area contributed by atoms with E-state index in [1.54, 1.807) is 18.5 Å². The molecule has 0 aliphatic rings. The van der Waals surface area contributed by atoms with Crippen LogP contribution < -0.4 is 5.73 Å². The first-order chi connectivity index (χ1) is 8.75. The van der Waals surface area contributed by atoms with Crippen LogP contribution in [0.3, 0.4) is 0 Å². The molecule has 2 heterocycles. The summed E-state index contributed by atoms with van der Waals surface area (Å²) in [4.78, 5) is 10.9. The van der Waals surface area contributed by atoms with Crippen LogP contribution in [0.1, 0.15) is 0 Å². The molecule has 0 fully saturated rings. The van der Waals surface area contributed by atoms with Gasteiger partial charge in [0.2, 0.25) is 5.82 Å². The van der Waals surface area contributed by atoms with E-state index in [1.165, 1.54) is 12.1 Å². The fourth-order valence-electron chi connectivity index (χ4n) is 1.58. The molecule has 0 radical (unpaired) electrons. The van der Waals surface area contributed by atoms with Gasteiger partial charge in [0.05, 0.1) is 5.56 Å². The van der Waals surface area contributed by atoms with Gasteiger partial charge < -0.3 is 15.2 Å². The fourth-order valence-corrected chi connectivity index (χ4v) is 1.58. The van der Waals surface area contributed by atoms with Gasteiger partial charge in [0.15, 0.2) is 5.82 Å². The van der Waals surface area contributed by atoms with Crippen molar-refractivity contribution in [3.63, 3.8) is 0 Å². The molecule has 18 heavy (non-hydrogen) atoms. The molecule has 0 aliphatic heterocycles. The predicted molar refractivity (Wildman–Crippen MR) is 61.7 cm³/mol. The predicted octanol–water partition coefficient (Wildman–Crippen LogP) is 1.85. The van der Waals surface area contributed by atoms with Gasteiger partial charge in [-0.1, -0.05) is 11.2 Å². The molecule has 0 atom stereocenters. The van der Waals surface area contributed by atoms with Crippen molar-refractivity contribution in [2.45, 2.75) is 0 Å². The average Bonchev–Trinajstić information content (AvgIpc) is 2.99. The Kier molecular flexibility index (Phi) is 2.30. The number of aromatic nitrogens is 4. The van der Waals surface area contributed by atoms with Crippen molar-refractivity contribution >= 4 is 5.69 Å². The number of nitrogens with two attached hydrogens (primary N) is 1. The van der Waals surface area contributed by atoms with Crippen LogP contribution in [0.2, 0.25) is 0 Å². The van der Waals surface area contributed by atoms with Crippen LogP contribution in [0.25, 0.3) is 23.1 Å². The molecule has 0 bridgehead atoms. The maximum atomic E-state index is 13.7. The van der Waals surface area contributed by atoms with Gasteiger partial charge in [0.25, 0.3) is 5.89 Å². The number of anilines is 1. The number of nitrogens with zero attached hydrogens (tertiary/aromatic N) is 3. The second-order valence-electron chi connectivity index (χ2n) is 3.56. The minimum Gasteiger partial charge on any atom is -0.398 e. The van der Waals surface area contributed by atoms with Crippen LogP contribution in [0.5, 0.6) is 0 Å². The Morgan fingerprint density at radius 2 is 2.22 bits per heavy atom. The second kappa shape index (κ2) is 3.95. The molecule has 90 valence electrons. The lowest BCUT2D eigenvalue weighted by molar-refractivity contribution is 0.429. The number of aromatic amines is 1. The molecule has 6 nitrogen and oxygen atoms in total. The van der Waals surface area contributed by atoms with Crippen molar-refractivity contribution in [1.29, 1.82) is 0 Å². The van der Waals surface area contributed by atoms with Gasteiger partial charge >= 0.3 is 0 Å². The van der Waals surface area contributed by atoms with Crippen molar-refractivity contribution in [2.24, 2.45) is 0 Å². The molecule has 0 aliphatic carbocycles. The van der Waals surface area contributed by atoms with E-state index < -0.39 is 5.82 Å². The quantitative estimate of drug-likeness (QED) is 0.672. The summed E-state index contributed by atoms with van der Waals surface area (Å²) in [6.07, 6.45) is 3.19. The third kappa shape index (κ3) is 1.61. The lowest BCUT2D eigenvalue weighted by Gasteiger charge is -2.00. The molecule has 0 amide bonds. The highest BCUT2D eigenvalue weighted by atomic mass is 19.1. The topological polar surface area (TPSA) is 93.6 Å². The summed E-state index contributed by atoms with van der Waals surface area (Å²) in [5.41, 5.74) is 6.03. The number of hydrogen-bond acceptors (Lipinski definition) is 5. The Morgan fingerprint density at radius 3 is 2.94 bits per heavy atom. The molecule has 0 spiro atoms. The van der Waals surface area contributed by atoms with Crippen molar-refractivity contribution in [3.05, 3.63) is 36.4 Å². The maximum absolute atomic E-state index is 13.7. The zero-order valence-corrected chi connectivity index (χ0v) is 9.09. The SMILES string of the molecule is Nc1cccc(F)c1-c1nc(-c2ncc[nH]2)no1. The van der Waals surface area contributed by atoms with E-state index in [9.17, 15) is 4.39 Å². The lowest BCUT2D eigenvalue weighted by Crippen LogP contribution is -1.93. The Labute approximate surface area is 101 Å². The van der Waals surface area contributed by atoms with E-state index in [1.807, 2.05) is 0 Å². The van der Waals surface area contributed by atoms with E-state index in [-0.39, 0.29) is 23.0 Å². The molecule has 3 N–H and O–H groups in total. The molecular formula is C11H8FN5O. The Morgan fingerprint density at radius 1 is 1.33 bits per heavy atom. The van der Waals surface area contributed by atoms with Crippen LogP contribution in [-0.2, 0) is 0 Å². The number of hydrogen-bond donors (Lipinski definition) is 2. The number of halogens is 1. The van der Waals surface area contributed by atoms with Crippen LogP contribution in [0, 0.1) is 5.82 Å². The van der Waals surface area contributed by atoms with Crippen LogP contribution in [0.15, 0.2) is 35.1 Å². The summed E-state index contributed by atoms with van der Waals surface area (Å²) >= 11 is 0. The van der Waals surface area contributed by atoms with Gasteiger partial charge in [0, 0.05) is 18.1 Å². The molecule has 0 saturated carbocycles. The summed E-state index contributed by atoms with van der Waals surface area (Å²) in [5, 5.41) is 3.72. The number of benzene rings is 1. The highest BCUT2D eigenvalue weighted by molar-refractivity contribution is 5.71. The first kappa shape index (κ1) is 10.5. The Hall–Kier alpha value is -2.70. The summed E-state index contributed by atoms with van der Waals surface area (Å²) in [7, 11) is 0. The van der Waals surface area contributed by atoms with Crippen molar-refractivity contribution < 1.29 is 8.91 Å². The maximum Gasteiger partial charge on any atom is 0.263 e. The minimum absolute atomic E-state index is 0.0250. The standard InChI is InChI=1S/C11H8FN5O/c12-6-2-1-3-7(13)8(6)11-16-10(17-18-11)9-14-4-5-15-9/h1-5H,13H2,(H,14,15). The number of nitrogens with one attached hydrogen (secondary N) is 1. The van der Waals surface area contributed by atoms with E-state index in [2.05, 4.69) is 20.1 Å². The molecular weight excluding hydrogens is 237 g/mol. The molecule has 3 aromatic rings. The van der Waals surface area contributed by atoms with E-state index in [0.717, 1.165) is 0 Å². The van der Waals surface area contributed by atoms with Crippen LogP contribution in [-0.4, -0.2) is 20.1 Å². The van der Waals surface area contributed by atoms with Gasteiger partial charge in [-0.15, -0.1) is 0 Å². The molecule has 7 heteroatoms. The van der Waals surface area contributed by atoms with Crippen LogP contribution in [0.4, 0.5) is 10.1 Å². The fraction of sp³-hybridized carbons (Fsp3) is 0. The van der Waals surface area contributed by atoms with E-state index >= 15 is 0 Å². The number of imidazole rings is 1. The van der Waals surface area contributed by atoms with Gasteiger partial charge in [-0.3, -0.25) is 0 Å². The van der Waals surface area contributed by atoms with Gasteiger partial charge in [-0.25, -0.2) is 9.37 Å². The third-order valence-corrected chi connectivity index (χ3v) is 2.40. The first-order valence-corrected chi connectivity index (χ1v) is 5.13. The number of nitrogen functional groups attached to an aromatic ring is 1. The zero-order valence-electron chi connectivity index (χ0n) is 9.09. The Balaban J connectivity index is 2.09. The van der Waals surface area contributed by atoms with E-state index in [4.69, 9.17) is 10.3 Å². The lowest BCUT2D eigenvalue weighted by atomic mass is 10.1. The van der Waals surface area contributed by atoms with Gasteiger partial charge in [-0.05, 0) is 12.1 Å². The highest BCUT2D eigenvalue weighted by Gasteiger charge is 2.17. The summed E-state index contributed by atoms with van der Waals surface area (Å²) < 4.78 is 18.7. The third-order valence-electron chi connectivity index (χ3n) is 2.40. The zero-order chi connectivity index (χ0) is 12.5. The normalized spacial score (nSPS) is 10.7. The van der Waals surface area contributed by atoms with Gasteiger partial charge in [-0.2, -0.15) is 4.98 Å². The molecule has 0 saturated heterocycles. The largest absolute Gasteiger partial charge is 0.398 e. The van der Waals surface area contributed by atoms with Crippen molar-refractivity contribution in [2.75, 3.05) is 5.73 Å². The summed E-state index contributed by atoms with van der Waals surface area (Å²) in [5.74, 6) is 0.208. The molecule has 0 unspecified atom stereocenters. The Bertz CT molecular complexity index is 656. The molecule has 1 aromatic carbocycles. The average molecular weight is 245 g/mol.